The zero-order chi connectivity index (χ0) is 10.8. The molecule has 0 unspecified atom stereocenters. The van der Waals surface area contributed by atoms with E-state index in [0.29, 0.717) is 10.9 Å². The smallest absolute Gasteiger partial charge is 0.140 e. The monoisotopic (exact) mass is 223 g/mol. The highest BCUT2D eigenvalue weighted by molar-refractivity contribution is 6.35. The summed E-state index contributed by atoms with van der Waals surface area (Å²) in [5, 5.41) is 2.10. The molecule has 4 heteroatoms. The number of ether oxygens (including phenoxy) is 2. The van der Waals surface area contributed by atoms with Crippen LogP contribution in [0.1, 0.15) is 0 Å². The lowest BCUT2D eigenvalue weighted by atomic mass is 10.1. The van der Waals surface area contributed by atoms with Gasteiger partial charge in [-0.2, -0.15) is 0 Å². The molecule has 0 saturated carbocycles. The van der Waals surface area contributed by atoms with Crippen LogP contribution in [0.3, 0.4) is 0 Å². The van der Waals surface area contributed by atoms with Gasteiger partial charge in [0.15, 0.2) is 0 Å². The van der Waals surface area contributed by atoms with Gasteiger partial charge in [0.1, 0.15) is 16.7 Å². The number of rotatable bonds is 2. The number of fused-ring (bicyclic) bond motifs is 1. The Bertz CT molecular complexity index is 499. The summed E-state index contributed by atoms with van der Waals surface area (Å²) < 4.78 is 10.5. The predicted octanol–water partition coefficient (Wildman–Crippen LogP) is 2.91. The van der Waals surface area contributed by atoms with Crippen molar-refractivity contribution >= 4 is 22.4 Å². The van der Waals surface area contributed by atoms with Crippen LogP contribution >= 0.6 is 11.6 Å². The van der Waals surface area contributed by atoms with Gasteiger partial charge in [-0.3, -0.25) is 0 Å². The topological polar surface area (TPSA) is 31.4 Å². The maximum Gasteiger partial charge on any atom is 0.140 e. The van der Waals surface area contributed by atoms with Crippen molar-refractivity contribution < 1.29 is 9.47 Å². The second-order valence-electron chi connectivity index (χ2n) is 2.99. The van der Waals surface area contributed by atoms with Gasteiger partial charge in [-0.25, -0.2) is 4.98 Å². The van der Waals surface area contributed by atoms with Crippen molar-refractivity contribution in [3.05, 3.63) is 29.5 Å². The van der Waals surface area contributed by atoms with Gasteiger partial charge in [0, 0.05) is 11.6 Å². The van der Waals surface area contributed by atoms with Crippen molar-refractivity contribution in [2.24, 2.45) is 0 Å². The van der Waals surface area contributed by atoms with Crippen LogP contribution in [0.15, 0.2) is 24.4 Å². The Balaban J connectivity index is 2.86. The van der Waals surface area contributed by atoms with E-state index in [1.165, 1.54) is 0 Å². The van der Waals surface area contributed by atoms with E-state index in [2.05, 4.69) is 4.98 Å². The normalized spacial score (nSPS) is 10.3. The van der Waals surface area contributed by atoms with E-state index in [0.717, 1.165) is 16.5 Å². The van der Waals surface area contributed by atoms with Gasteiger partial charge in [0.05, 0.1) is 19.6 Å². The van der Waals surface area contributed by atoms with Crippen molar-refractivity contribution in [3.8, 4) is 11.5 Å². The molecular formula is C11H10ClNO2. The van der Waals surface area contributed by atoms with Crippen LogP contribution < -0.4 is 9.47 Å². The fraction of sp³-hybridized carbons (Fsp3) is 0.182. The molecule has 0 aliphatic heterocycles. The van der Waals surface area contributed by atoms with Gasteiger partial charge < -0.3 is 9.47 Å². The third kappa shape index (κ3) is 1.59. The average Bonchev–Trinajstić information content (AvgIpc) is 2.28. The van der Waals surface area contributed by atoms with Gasteiger partial charge in [0.2, 0.25) is 0 Å². The Labute approximate surface area is 92.6 Å². The van der Waals surface area contributed by atoms with E-state index in [-0.39, 0.29) is 0 Å². The van der Waals surface area contributed by atoms with Gasteiger partial charge >= 0.3 is 0 Å². The molecule has 1 aromatic carbocycles. The molecular weight excluding hydrogens is 214 g/mol. The Morgan fingerprint density at radius 1 is 1.07 bits per heavy atom. The van der Waals surface area contributed by atoms with Crippen molar-refractivity contribution in [3.63, 3.8) is 0 Å². The van der Waals surface area contributed by atoms with Gasteiger partial charge in [-0.05, 0) is 18.2 Å². The highest BCUT2D eigenvalue weighted by atomic mass is 35.5. The highest BCUT2D eigenvalue weighted by Gasteiger charge is 2.10. The first-order chi connectivity index (χ1) is 7.27. The zero-order valence-corrected chi connectivity index (χ0v) is 9.21. The van der Waals surface area contributed by atoms with E-state index < -0.39 is 0 Å². The molecule has 0 spiro atoms. The molecule has 1 heterocycles. The maximum atomic E-state index is 6.02. The number of benzene rings is 1. The molecule has 3 nitrogen and oxygen atoms in total. The minimum absolute atomic E-state index is 0.420. The lowest BCUT2D eigenvalue weighted by Crippen LogP contribution is -1.90. The van der Waals surface area contributed by atoms with Gasteiger partial charge in [0.25, 0.3) is 0 Å². The van der Waals surface area contributed by atoms with Crippen molar-refractivity contribution in [1.82, 2.24) is 4.98 Å². The first kappa shape index (κ1) is 10.1. The van der Waals surface area contributed by atoms with Crippen LogP contribution in [-0.4, -0.2) is 19.2 Å². The Hall–Kier alpha value is -1.48. The second-order valence-corrected chi connectivity index (χ2v) is 3.35. The molecule has 0 radical (unpaired) electrons. The third-order valence-corrected chi connectivity index (χ3v) is 2.53. The third-order valence-electron chi connectivity index (χ3n) is 2.24. The molecule has 1 aromatic heterocycles. The molecule has 2 rings (SSSR count). The lowest BCUT2D eigenvalue weighted by molar-refractivity contribution is 0.410. The standard InChI is InChI=1S/C11H10ClNO2/c1-14-8-3-4-9(15-2)10-7(8)5-6-13-11(10)12/h3-6H,1-2H3. The quantitative estimate of drug-likeness (QED) is 0.734. The second kappa shape index (κ2) is 3.95. The van der Waals surface area contributed by atoms with Crippen molar-refractivity contribution in [2.75, 3.05) is 14.2 Å². The molecule has 0 aliphatic carbocycles. The summed E-state index contributed by atoms with van der Waals surface area (Å²) in [5.74, 6) is 1.46. The summed E-state index contributed by atoms with van der Waals surface area (Å²) in [6.07, 6.45) is 1.65. The number of nitrogens with zero attached hydrogens (tertiary/aromatic N) is 1. The average molecular weight is 224 g/mol. The number of hydrogen-bond donors (Lipinski definition) is 0. The van der Waals surface area contributed by atoms with Crippen LogP contribution in [0.25, 0.3) is 10.8 Å². The fourth-order valence-electron chi connectivity index (χ4n) is 1.55. The van der Waals surface area contributed by atoms with Gasteiger partial charge in [-0.15, -0.1) is 0 Å². The number of halogens is 1. The molecule has 0 bridgehead atoms. The summed E-state index contributed by atoms with van der Waals surface area (Å²) in [4.78, 5) is 4.02. The highest BCUT2D eigenvalue weighted by Crippen LogP contribution is 2.36. The molecule has 2 aromatic rings. The summed E-state index contributed by atoms with van der Waals surface area (Å²) in [6.45, 7) is 0. The van der Waals surface area contributed by atoms with Crippen LogP contribution in [-0.2, 0) is 0 Å². The largest absolute Gasteiger partial charge is 0.496 e. The summed E-state index contributed by atoms with van der Waals surface area (Å²) in [5.41, 5.74) is 0. The van der Waals surface area contributed by atoms with E-state index in [1.54, 1.807) is 20.4 Å². The molecule has 0 atom stereocenters. The SMILES string of the molecule is COc1ccc(OC)c2c(Cl)nccc12. The number of aromatic nitrogens is 1. The molecule has 78 valence electrons. The number of hydrogen-bond acceptors (Lipinski definition) is 3. The minimum Gasteiger partial charge on any atom is -0.496 e. The van der Waals surface area contributed by atoms with Crippen LogP contribution in [0.4, 0.5) is 0 Å². The van der Waals surface area contributed by atoms with Crippen LogP contribution in [0, 0.1) is 0 Å². The molecule has 15 heavy (non-hydrogen) atoms. The fourth-order valence-corrected chi connectivity index (χ4v) is 1.80. The van der Waals surface area contributed by atoms with Crippen LogP contribution in [0.5, 0.6) is 11.5 Å². The van der Waals surface area contributed by atoms with Gasteiger partial charge in [-0.1, -0.05) is 11.6 Å². The van der Waals surface area contributed by atoms with E-state index in [4.69, 9.17) is 21.1 Å². The number of methoxy groups -OCH3 is 2. The first-order valence-corrected chi connectivity index (χ1v) is 4.81. The predicted molar refractivity (Wildman–Crippen MR) is 59.9 cm³/mol. The van der Waals surface area contributed by atoms with E-state index >= 15 is 0 Å². The Morgan fingerprint density at radius 2 is 1.73 bits per heavy atom. The van der Waals surface area contributed by atoms with E-state index in [9.17, 15) is 0 Å². The number of pyridine rings is 1. The first-order valence-electron chi connectivity index (χ1n) is 4.43. The zero-order valence-electron chi connectivity index (χ0n) is 8.45. The summed E-state index contributed by atoms with van der Waals surface area (Å²) >= 11 is 6.02. The lowest BCUT2D eigenvalue weighted by Gasteiger charge is -2.09. The Kier molecular flexibility index (Phi) is 2.64. The van der Waals surface area contributed by atoms with E-state index in [1.807, 2.05) is 18.2 Å². The molecule has 0 saturated heterocycles. The molecule has 0 aliphatic rings. The minimum atomic E-state index is 0.420. The maximum absolute atomic E-state index is 6.02. The molecule has 0 fully saturated rings. The summed E-state index contributed by atoms with van der Waals surface area (Å²) in [6, 6.07) is 5.51. The molecule has 0 N–H and O–H groups in total. The molecule has 0 amide bonds. The van der Waals surface area contributed by atoms with Crippen molar-refractivity contribution in [1.29, 1.82) is 0 Å². The van der Waals surface area contributed by atoms with Crippen molar-refractivity contribution in [2.45, 2.75) is 0 Å². The summed E-state index contributed by atoms with van der Waals surface area (Å²) in [7, 11) is 3.22. The van der Waals surface area contributed by atoms with Crippen LogP contribution in [0.2, 0.25) is 5.15 Å². The Morgan fingerprint density at radius 3 is 2.40 bits per heavy atom.